The van der Waals surface area contributed by atoms with E-state index in [9.17, 15) is 14.7 Å². The summed E-state index contributed by atoms with van der Waals surface area (Å²) in [5, 5.41) is 11.5. The average molecular weight is 443 g/mol. The molecular formula is C27H25NO5. The first-order valence-electron chi connectivity index (χ1n) is 10.6. The maximum Gasteiger partial charge on any atom is 0.264 e. The van der Waals surface area contributed by atoms with Crippen LogP contribution in [0.15, 0.2) is 78.9 Å². The highest BCUT2D eigenvalue weighted by atomic mass is 16.5. The maximum absolute atomic E-state index is 13.4. The number of para-hydroxylation sites is 1. The molecule has 6 heteroatoms. The quantitative estimate of drug-likeness (QED) is 0.528. The molecule has 33 heavy (non-hydrogen) atoms. The highest BCUT2D eigenvalue weighted by molar-refractivity contribution is 6.11. The van der Waals surface area contributed by atoms with E-state index in [0.717, 1.165) is 5.56 Å². The van der Waals surface area contributed by atoms with Crippen molar-refractivity contribution in [3.8, 4) is 11.5 Å². The third-order valence-corrected chi connectivity index (χ3v) is 5.76. The van der Waals surface area contributed by atoms with E-state index < -0.39 is 23.7 Å². The Morgan fingerprint density at radius 1 is 1.00 bits per heavy atom. The monoisotopic (exact) mass is 443 g/mol. The second kappa shape index (κ2) is 9.30. The minimum atomic E-state index is -1.96. The van der Waals surface area contributed by atoms with Crippen LogP contribution in [0.1, 0.15) is 27.9 Å². The van der Waals surface area contributed by atoms with Crippen LogP contribution in [0.4, 0.5) is 5.69 Å². The van der Waals surface area contributed by atoms with E-state index in [1.165, 1.54) is 19.1 Å². The van der Waals surface area contributed by atoms with Gasteiger partial charge in [0.1, 0.15) is 11.5 Å². The summed E-state index contributed by atoms with van der Waals surface area (Å²) < 4.78 is 10.5. The van der Waals surface area contributed by atoms with Crippen molar-refractivity contribution in [2.45, 2.75) is 12.0 Å². The molecular weight excluding hydrogens is 418 g/mol. The van der Waals surface area contributed by atoms with E-state index in [-0.39, 0.29) is 12.1 Å². The normalized spacial score (nSPS) is 17.3. The first-order chi connectivity index (χ1) is 16.0. The molecule has 1 aliphatic heterocycles. The number of rotatable bonds is 8. The summed E-state index contributed by atoms with van der Waals surface area (Å²) in [7, 11) is 2.98. The molecule has 0 radical (unpaired) electrons. The van der Waals surface area contributed by atoms with Gasteiger partial charge in [-0.1, -0.05) is 60.7 Å². The topological polar surface area (TPSA) is 76.1 Å². The first-order valence-corrected chi connectivity index (χ1v) is 10.6. The summed E-state index contributed by atoms with van der Waals surface area (Å²) in [6.45, 7) is 0.271. The Morgan fingerprint density at radius 2 is 1.73 bits per heavy atom. The molecule has 1 N–H and O–H groups in total. The molecule has 0 saturated carbocycles. The standard InChI is InChI=1S/C27H25NO5/c1-32-20-14-15-21(25(17-20)33-2)24(29)18-27(31)22-12-6-7-13-23(22)28(26(27)30)16-8-11-19-9-4-3-5-10-19/h3-15,17,31H,16,18H2,1-2H3/b11-8+/t27-/m1/s1. The Kier molecular flexibility index (Phi) is 6.29. The summed E-state index contributed by atoms with van der Waals surface area (Å²) in [5.74, 6) is -0.0609. The molecule has 0 bridgehead atoms. The molecule has 4 rings (SSSR count). The molecule has 0 spiro atoms. The van der Waals surface area contributed by atoms with Crippen molar-refractivity contribution in [2.24, 2.45) is 0 Å². The minimum Gasteiger partial charge on any atom is -0.497 e. The lowest BCUT2D eigenvalue weighted by molar-refractivity contribution is -0.135. The number of nitrogens with zero attached hydrogens (tertiary/aromatic N) is 1. The molecule has 1 aliphatic rings. The number of hydrogen-bond donors (Lipinski definition) is 1. The van der Waals surface area contributed by atoms with Gasteiger partial charge in [-0.15, -0.1) is 0 Å². The number of carbonyl (C=O) groups is 2. The number of hydrogen-bond acceptors (Lipinski definition) is 5. The summed E-state index contributed by atoms with van der Waals surface area (Å²) >= 11 is 0. The second-order valence-electron chi connectivity index (χ2n) is 7.77. The molecule has 0 aromatic heterocycles. The van der Waals surface area contributed by atoms with Crippen LogP contribution in [0.25, 0.3) is 6.08 Å². The van der Waals surface area contributed by atoms with Crippen LogP contribution in [0.5, 0.6) is 11.5 Å². The number of fused-ring (bicyclic) bond motifs is 1. The van der Waals surface area contributed by atoms with Crippen molar-refractivity contribution in [3.05, 3.63) is 95.6 Å². The van der Waals surface area contributed by atoms with E-state index in [2.05, 4.69) is 0 Å². The fraction of sp³-hybridized carbons (Fsp3) is 0.185. The van der Waals surface area contributed by atoms with Crippen LogP contribution in [0.3, 0.4) is 0 Å². The molecule has 3 aromatic rings. The van der Waals surface area contributed by atoms with Crippen molar-refractivity contribution >= 4 is 23.5 Å². The van der Waals surface area contributed by atoms with E-state index in [4.69, 9.17) is 9.47 Å². The Bertz CT molecular complexity index is 1200. The van der Waals surface area contributed by atoms with Gasteiger partial charge in [-0.2, -0.15) is 0 Å². The second-order valence-corrected chi connectivity index (χ2v) is 7.77. The van der Waals surface area contributed by atoms with Gasteiger partial charge in [-0.25, -0.2) is 0 Å². The number of Topliss-reactive ketones (excluding diaryl/α,β-unsaturated/α-hetero) is 1. The van der Waals surface area contributed by atoms with Gasteiger partial charge in [0.25, 0.3) is 5.91 Å². The number of amides is 1. The van der Waals surface area contributed by atoms with Crippen LogP contribution in [-0.4, -0.2) is 37.6 Å². The molecule has 1 atom stereocenters. The van der Waals surface area contributed by atoms with Crippen molar-refractivity contribution in [3.63, 3.8) is 0 Å². The van der Waals surface area contributed by atoms with Crippen LogP contribution < -0.4 is 14.4 Å². The number of methoxy groups -OCH3 is 2. The Morgan fingerprint density at radius 3 is 2.45 bits per heavy atom. The number of carbonyl (C=O) groups excluding carboxylic acids is 2. The van der Waals surface area contributed by atoms with Gasteiger partial charge in [-0.05, 0) is 23.8 Å². The van der Waals surface area contributed by atoms with Crippen LogP contribution >= 0.6 is 0 Å². The zero-order valence-electron chi connectivity index (χ0n) is 18.5. The van der Waals surface area contributed by atoms with E-state index in [0.29, 0.717) is 22.7 Å². The van der Waals surface area contributed by atoms with Crippen LogP contribution in [-0.2, 0) is 10.4 Å². The van der Waals surface area contributed by atoms with Crippen LogP contribution in [0.2, 0.25) is 0 Å². The van der Waals surface area contributed by atoms with Gasteiger partial charge in [0.15, 0.2) is 11.4 Å². The third kappa shape index (κ3) is 4.25. The molecule has 1 heterocycles. The largest absolute Gasteiger partial charge is 0.497 e. The molecule has 6 nitrogen and oxygen atoms in total. The fourth-order valence-electron chi connectivity index (χ4n) is 4.07. The number of ether oxygens (including phenoxy) is 2. The Labute approximate surface area is 192 Å². The number of anilines is 1. The Hall–Kier alpha value is -3.90. The molecule has 1 amide bonds. The highest BCUT2D eigenvalue weighted by Crippen LogP contribution is 2.43. The first kappa shape index (κ1) is 22.3. The van der Waals surface area contributed by atoms with E-state index >= 15 is 0 Å². The van der Waals surface area contributed by atoms with Gasteiger partial charge in [-0.3, -0.25) is 9.59 Å². The molecule has 168 valence electrons. The molecule has 0 unspecified atom stereocenters. The Balaban J connectivity index is 1.61. The summed E-state index contributed by atoms with van der Waals surface area (Å²) in [4.78, 5) is 28.1. The maximum atomic E-state index is 13.4. The van der Waals surface area contributed by atoms with Gasteiger partial charge in [0.2, 0.25) is 0 Å². The van der Waals surface area contributed by atoms with E-state index in [1.54, 1.807) is 42.5 Å². The predicted octanol–water partition coefficient (Wildman–Crippen LogP) is 4.22. The van der Waals surface area contributed by atoms with Gasteiger partial charge in [0, 0.05) is 18.2 Å². The molecule has 0 fully saturated rings. The van der Waals surface area contributed by atoms with Gasteiger partial charge in [0.05, 0.1) is 31.9 Å². The number of benzene rings is 3. The fourth-order valence-corrected chi connectivity index (χ4v) is 4.07. The predicted molar refractivity (Wildman–Crippen MR) is 127 cm³/mol. The summed E-state index contributed by atoms with van der Waals surface area (Å²) in [6, 6.07) is 21.6. The summed E-state index contributed by atoms with van der Waals surface area (Å²) in [6.07, 6.45) is 3.38. The zero-order chi connectivity index (χ0) is 23.4. The van der Waals surface area contributed by atoms with E-state index in [1.807, 2.05) is 42.5 Å². The van der Waals surface area contributed by atoms with Crippen molar-refractivity contribution in [1.82, 2.24) is 0 Å². The molecule has 3 aromatic carbocycles. The SMILES string of the molecule is COc1ccc(C(=O)C[C@]2(O)C(=O)N(C/C=C/c3ccccc3)c3ccccc32)c(OC)c1. The highest BCUT2D eigenvalue weighted by Gasteiger charge is 2.50. The van der Waals surface area contributed by atoms with Gasteiger partial charge < -0.3 is 19.5 Å². The lowest BCUT2D eigenvalue weighted by atomic mass is 9.88. The number of ketones is 1. The summed E-state index contributed by atoms with van der Waals surface area (Å²) in [5.41, 5.74) is 0.342. The third-order valence-electron chi connectivity index (χ3n) is 5.76. The molecule has 0 aliphatic carbocycles. The van der Waals surface area contributed by atoms with Gasteiger partial charge >= 0.3 is 0 Å². The molecule has 0 saturated heterocycles. The lowest BCUT2D eigenvalue weighted by Crippen LogP contribution is -2.42. The zero-order valence-corrected chi connectivity index (χ0v) is 18.5. The lowest BCUT2D eigenvalue weighted by Gasteiger charge is -2.22. The van der Waals surface area contributed by atoms with Crippen molar-refractivity contribution < 1.29 is 24.2 Å². The minimum absolute atomic E-state index is 0.271. The van der Waals surface area contributed by atoms with Crippen molar-refractivity contribution in [1.29, 1.82) is 0 Å². The smallest absolute Gasteiger partial charge is 0.264 e. The van der Waals surface area contributed by atoms with Crippen molar-refractivity contribution in [2.75, 3.05) is 25.7 Å². The number of aliphatic hydroxyl groups is 1. The average Bonchev–Trinajstić information content (AvgIpc) is 3.06. The van der Waals surface area contributed by atoms with Crippen LogP contribution in [0, 0.1) is 0 Å².